The predicted octanol–water partition coefficient (Wildman–Crippen LogP) is -0.0403. The fourth-order valence-electron chi connectivity index (χ4n) is 0.701. The molecule has 3 heteroatoms. The number of hydrogen-bond donors (Lipinski definition) is 2. The van der Waals surface area contributed by atoms with Crippen LogP contribution in [-0.4, -0.2) is 32.8 Å². The fourth-order valence-corrected chi connectivity index (χ4v) is 0.701. The average molecular weight is 146 g/mol. The van der Waals surface area contributed by atoms with Crippen molar-refractivity contribution in [3.63, 3.8) is 0 Å². The lowest BCUT2D eigenvalue weighted by Crippen LogP contribution is -2.34. The molecule has 10 heavy (non-hydrogen) atoms. The number of rotatable bonds is 6. The SMILES string of the molecule is CCNCC(N)CCOC. The van der Waals surface area contributed by atoms with Gasteiger partial charge in [0, 0.05) is 26.3 Å². The van der Waals surface area contributed by atoms with Gasteiger partial charge in [-0.25, -0.2) is 0 Å². The first-order valence-electron chi connectivity index (χ1n) is 3.76. The highest BCUT2D eigenvalue weighted by atomic mass is 16.5. The van der Waals surface area contributed by atoms with E-state index in [1.807, 2.05) is 0 Å². The molecular weight excluding hydrogens is 128 g/mol. The van der Waals surface area contributed by atoms with Gasteiger partial charge in [-0.3, -0.25) is 0 Å². The number of nitrogens with two attached hydrogens (primary N) is 1. The molecule has 0 amide bonds. The van der Waals surface area contributed by atoms with Gasteiger partial charge >= 0.3 is 0 Å². The van der Waals surface area contributed by atoms with Gasteiger partial charge in [0.15, 0.2) is 0 Å². The molecular formula is C7H18N2O. The van der Waals surface area contributed by atoms with Gasteiger partial charge in [-0.15, -0.1) is 0 Å². The van der Waals surface area contributed by atoms with E-state index in [2.05, 4.69) is 12.2 Å². The molecule has 0 saturated heterocycles. The van der Waals surface area contributed by atoms with E-state index in [0.717, 1.165) is 26.1 Å². The maximum atomic E-state index is 5.70. The molecule has 0 spiro atoms. The maximum Gasteiger partial charge on any atom is 0.0477 e. The summed E-state index contributed by atoms with van der Waals surface area (Å²) in [6, 6.07) is 0.236. The van der Waals surface area contributed by atoms with Crippen LogP contribution in [-0.2, 0) is 4.74 Å². The molecule has 0 bridgehead atoms. The van der Waals surface area contributed by atoms with Crippen LogP contribution in [0.2, 0.25) is 0 Å². The van der Waals surface area contributed by atoms with Crippen LogP contribution in [0, 0.1) is 0 Å². The summed E-state index contributed by atoms with van der Waals surface area (Å²) >= 11 is 0. The first-order chi connectivity index (χ1) is 4.81. The highest BCUT2D eigenvalue weighted by molar-refractivity contribution is 4.62. The summed E-state index contributed by atoms with van der Waals surface area (Å²) in [4.78, 5) is 0. The zero-order valence-electron chi connectivity index (χ0n) is 6.89. The van der Waals surface area contributed by atoms with Gasteiger partial charge < -0.3 is 15.8 Å². The van der Waals surface area contributed by atoms with Crippen molar-refractivity contribution in [2.75, 3.05) is 26.8 Å². The smallest absolute Gasteiger partial charge is 0.0477 e. The molecule has 0 fully saturated rings. The summed E-state index contributed by atoms with van der Waals surface area (Å²) in [7, 11) is 1.69. The van der Waals surface area contributed by atoms with E-state index in [0.29, 0.717) is 0 Å². The summed E-state index contributed by atoms with van der Waals surface area (Å²) in [5.74, 6) is 0. The molecule has 3 N–H and O–H groups in total. The highest BCUT2D eigenvalue weighted by Crippen LogP contribution is 1.85. The van der Waals surface area contributed by atoms with E-state index in [1.54, 1.807) is 7.11 Å². The lowest BCUT2D eigenvalue weighted by molar-refractivity contribution is 0.187. The molecule has 62 valence electrons. The third kappa shape index (κ3) is 6.01. The standard InChI is InChI=1S/C7H18N2O/c1-3-9-6-7(8)4-5-10-2/h7,9H,3-6,8H2,1-2H3. The largest absolute Gasteiger partial charge is 0.385 e. The molecule has 1 atom stereocenters. The van der Waals surface area contributed by atoms with Crippen molar-refractivity contribution in [1.29, 1.82) is 0 Å². The number of hydrogen-bond acceptors (Lipinski definition) is 3. The molecule has 3 nitrogen and oxygen atoms in total. The summed E-state index contributed by atoms with van der Waals surface area (Å²) in [6.45, 7) is 4.70. The Morgan fingerprint density at radius 2 is 2.30 bits per heavy atom. The first-order valence-corrected chi connectivity index (χ1v) is 3.76. The quantitative estimate of drug-likeness (QED) is 0.553. The van der Waals surface area contributed by atoms with Gasteiger partial charge in [0.05, 0.1) is 0 Å². The number of nitrogens with one attached hydrogen (secondary N) is 1. The van der Waals surface area contributed by atoms with E-state index in [9.17, 15) is 0 Å². The molecule has 0 aromatic heterocycles. The molecule has 0 aliphatic carbocycles. The maximum absolute atomic E-state index is 5.70. The lowest BCUT2D eigenvalue weighted by atomic mass is 10.2. The van der Waals surface area contributed by atoms with Crippen LogP contribution in [0.5, 0.6) is 0 Å². The zero-order valence-corrected chi connectivity index (χ0v) is 6.89. The second-order valence-corrected chi connectivity index (χ2v) is 2.35. The lowest BCUT2D eigenvalue weighted by Gasteiger charge is -2.10. The van der Waals surface area contributed by atoms with Crippen LogP contribution in [0.3, 0.4) is 0 Å². The van der Waals surface area contributed by atoms with Crippen molar-refractivity contribution >= 4 is 0 Å². The van der Waals surface area contributed by atoms with Gasteiger partial charge in [0.25, 0.3) is 0 Å². The molecule has 0 aromatic carbocycles. The van der Waals surface area contributed by atoms with Crippen LogP contribution in [0.1, 0.15) is 13.3 Å². The van der Waals surface area contributed by atoms with Crippen LogP contribution in [0.25, 0.3) is 0 Å². The summed E-state index contributed by atoms with van der Waals surface area (Å²) < 4.78 is 4.88. The number of likely N-dealkylation sites (N-methyl/N-ethyl adjacent to an activating group) is 1. The van der Waals surface area contributed by atoms with Gasteiger partial charge in [-0.2, -0.15) is 0 Å². The molecule has 0 aliphatic heterocycles. The van der Waals surface area contributed by atoms with E-state index in [-0.39, 0.29) is 6.04 Å². The Morgan fingerprint density at radius 1 is 1.60 bits per heavy atom. The minimum absolute atomic E-state index is 0.236. The zero-order chi connectivity index (χ0) is 7.82. The summed E-state index contributed by atoms with van der Waals surface area (Å²) in [5.41, 5.74) is 5.70. The van der Waals surface area contributed by atoms with Crippen molar-refractivity contribution in [3.05, 3.63) is 0 Å². The van der Waals surface area contributed by atoms with Crippen molar-refractivity contribution in [2.45, 2.75) is 19.4 Å². The van der Waals surface area contributed by atoms with Crippen molar-refractivity contribution < 1.29 is 4.74 Å². The highest BCUT2D eigenvalue weighted by Gasteiger charge is 1.98. The first kappa shape index (κ1) is 9.88. The van der Waals surface area contributed by atoms with Gasteiger partial charge in [0.2, 0.25) is 0 Å². The molecule has 1 unspecified atom stereocenters. The van der Waals surface area contributed by atoms with E-state index >= 15 is 0 Å². The van der Waals surface area contributed by atoms with Gasteiger partial charge in [-0.1, -0.05) is 6.92 Å². The van der Waals surface area contributed by atoms with Crippen molar-refractivity contribution in [3.8, 4) is 0 Å². The minimum atomic E-state index is 0.236. The Hall–Kier alpha value is -0.120. The van der Waals surface area contributed by atoms with Gasteiger partial charge in [0.1, 0.15) is 0 Å². The van der Waals surface area contributed by atoms with Crippen molar-refractivity contribution in [1.82, 2.24) is 5.32 Å². The molecule has 0 radical (unpaired) electrons. The molecule has 0 heterocycles. The van der Waals surface area contributed by atoms with Crippen LogP contribution < -0.4 is 11.1 Å². The molecule has 0 rings (SSSR count). The summed E-state index contributed by atoms with van der Waals surface area (Å²) in [6.07, 6.45) is 0.934. The minimum Gasteiger partial charge on any atom is -0.385 e. The summed E-state index contributed by atoms with van der Waals surface area (Å²) in [5, 5.41) is 3.18. The molecule has 0 saturated carbocycles. The second kappa shape index (κ2) is 6.99. The second-order valence-electron chi connectivity index (χ2n) is 2.35. The fraction of sp³-hybridized carbons (Fsp3) is 1.00. The third-order valence-electron chi connectivity index (χ3n) is 1.35. The normalized spacial score (nSPS) is 13.5. The monoisotopic (exact) mass is 146 g/mol. The van der Waals surface area contributed by atoms with E-state index in [1.165, 1.54) is 0 Å². The van der Waals surface area contributed by atoms with E-state index in [4.69, 9.17) is 10.5 Å². The predicted molar refractivity (Wildman–Crippen MR) is 43.0 cm³/mol. The van der Waals surface area contributed by atoms with Crippen molar-refractivity contribution in [2.24, 2.45) is 5.73 Å². The topological polar surface area (TPSA) is 47.3 Å². The molecule has 0 aliphatic rings. The third-order valence-corrected chi connectivity index (χ3v) is 1.35. The Kier molecular flexibility index (Phi) is 6.91. The molecule has 0 aromatic rings. The van der Waals surface area contributed by atoms with E-state index < -0.39 is 0 Å². The Morgan fingerprint density at radius 3 is 2.80 bits per heavy atom. The van der Waals surface area contributed by atoms with Crippen LogP contribution in [0.15, 0.2) is 0 Å². The number of methoxy groups -OCH3 is 1. The Bertz CT molecular complexity index is 60.6. The Balaban J connectivity index is 3.00. The van der Waals surface area contributed by atoms with Crippen LogP contribution in [0.4, 0.5) is 0 Å². The van der Waals surface area contributed by atoms with Crippen LogP contribution >= 0.6 is 0 Å². The number of ether oxygens (including phenoxy) is 1. The Labute approximate surface area is 62.9 Å². The average Bonchev–Trinajstić information content (AvgIpc) is 1.97. The van der Waals surface area contributed by atoms with Gasteiger partial charge in [-0.05, 0) is 13.0 Å².